The SMILES string of the molecule is [C-]#[N+]c1cc(O[C@H]2CCN(C(=O)C=C)C[C@H]2F)cc(-c2ccccc2OC)c1. The van der Waals surface area contributed by atoms with E-state index >= 15 is 0 Å². The molecule has 6 heteroatoms. The molecule has 0 spiro atoms. The molecule has 0 saturated carbocycles. The van der Waals surface area contributed by atoms with Gasteiger partial charge < -0.3 is 14.4 Å². The second-order valence-electron chi connectivity index (χ2n) is 6.48. The van der Waals surface area contributed by atoms with Crippen LogP contribution in [0.25, 0.3) is 16.0 Å². The summed E-state index contributed by atoms with van der Waals surface area (Å²) in [4.78, 5) is 16.6. The zero-order chi connectivity index (χ0) is 20.1. The summed E-state index contributed by atoms with van der Waals surface area (Å²) < 4.78 is 25.9. The van der Waals surface area contributed by atoms with Crippen LogP contribution in [0.2, 0.25) is 0 Å². The van der Waals surface area contributed by atoms with Crippen molar-refractivity contribution >= 4 is 11.6 Å². The molecule has 1 aliphatic rings. The van der Waals surface area contributed by atoms with E-state index in [4.69, 9.17) is 16.0 Å². The van der Waals surface area contributed by atoms with Crippen LogP contribution in [-0.4, -0.2) is 43.3 Å². The molecule has 144 valence electrons. The number of para-hydroxylation sites is 1. The fraction of sp³-hybridized carbons (Fsp3) is 0.273. The normalized spacial score (nSPS) is 18.8. The number of methoxy groups -OCH3 is 1. The molecule has 3 rings (SSSR count). The van der Waals surface area contributed by atoms with Crippen molar-refractivity contribution in [2.75, 3.05) is 20.2 Å². The van der Waals surface area contributed by atoms with Crippen molar-refractivity contribution in [2.45, 2.75) is 18.7 Å². The van der Waals surface area contributed by atoms with Gasteiger partial charge in [-0.3, -0.25) is 4.79 Å². The highest BCUT2D eigenvalue weighted by Gasteiger charge is 2.32. The number of piperidine rings is 1. The minimum atomic E-state index is -1.32. The van der Waals surface area contributed by atoms with Crippen molar-refractivity contribution in [3.8, 4) is 22.6 Å². The molecule has 1 aliphatic heterocycles. The lowest BCUT2D eigenvalue weighted by molar-refractivity contribution is -0.129. The number of carbonyl (C=O) groups is 1. The number of ether oxygens (including phenoxy) is 2. The monoisotopic (exact) mass is 380 g/mol. The van der Waals surface area contributed by atoms with E-state index in [1.165, 1.54) is 11.0 Å². The van der Waals surface area contributed by atoms with Crippen LogP contribution in [0.3, 0.4) is 0 Å². The van der Waals surface area contributed by atoms with Gasteiger partial charge in [-0.2, -0.15) is 0 Å². The zero-order valence-electron chi connectivity index (χ0n) is 15.6. The second-order valence-corrected chi connectivity index (χ2v) is 6.48. The molecular weight excluding hydrogens is 359 g/mol. The summed E-state index contributed by atoms with van der Waals surface area (Å²) >= 11 is 0. The molecule has 1 fully saturated rings. The topological polar surface area (TPSA) is 43.1 Å². The standard InChI is InChI=1S/C22H21FN2O3/c1-4-22(26)25-10-9-21(19(23)14-25)28-17-12-15(11-16(13-17)24-2)18-7-5-6-8-20(18)27-3/h4-8,11-13,19,21H,1,9-10,14H2,3H3/t19-,21+/m1/s1. The Kier molecular flexibility index (Phi) is 5.95. The van der Waals surface area contributed by atoms with E-state index in [0.29, 0.717) is 30.2 Å². The highest BCUT2D eigenvalue weighted by atomic mass is 19.1. The van der Waals surface area contributed by atoms with Crippen LogP contribution in [0.5, 0.6) is 11.5 Å². The molecule has 0 bridgehead atoms. The Hall–Kier alpha value is -3.33. The minimum absolute atomic E-state index is 0.0304. The fourth-order valence-corrected chi connectivity index (χ4v) is 3.27. The third-order valence-electron chi connectivity index (χ3n) is 4.69. The van der Waals surface area contributed by atoms with Crippen molar-refractivity contribution in [3.05, 3.63) is 66.5 Å². The fourth-order valence-electron chi connectivity index (χ4n) is 3.27. The van der Waals surface area contributed by atoms with Gasteiger partial charge >= 0.3 is 0 Å². The molecule has 5 nitrogen and oxygen atoms in total. The van der Waals surface area contributed by atoms with E-state index in [-0.39, 0.29) is 12.5 Å². The third kappa shape index (κ3) is 4.15. The van der Waals surface area contributed by atoms with Crippen LogP contribution in [0.15, 0.2) is 55.1 Å². The molecule has 0 radical (unpaired) electrons. The first-order chi connectivity index (χ1) is 13.5. The predicted octanol–water partition coefficient (Wildman–Crippen LogP) is 4.42. The maximum absolute atomic E-state index is 14.6. The Morgan fingerprint density at radius 1 is 1.36 bits per heavy atom. The Balaban J connectivity index is 1.84. The molecule has 0 N–H and O–H groups in total. The lowest BCUT2D eigenvalue weighted by Crippen LogP contribution is -2.48. The van der Waals surface area contributed by atoms with Crippen molar-refractivity contribution < 1.29 is 18.7 Å². The molecule has 1 heterocycles. The van der Waals surface area contributed by atoms with Crippen LogP contribution in [-0.2, 0) is 4.79 Å². The smallest absolute Gasteiger partial charge is 0.246 e. The van der Waals surface area contributed by atoms with E-state index in [0.717, 1.165) is 11.1 Å². The zero-order valence-corrected chi connectivity index (χ0v) is 15.6. The number of likely N-dealkylation sites (tertiary alicyclic amines) is 1. The molecule has 1 saturated heterocycles. The van der Waals surface area contributed by atoms with Crippen LogP contribution < -0.4 is 9.47 Å². The molecule has 28 heavy (non-hydrogen) atoms. The van der Waals surface area contributed by atoms with Gasteiger partial charge in [0.2, 0.25) is 5.91 Å². The van der Waals surface area contributed by atoms with Gasteiger partial charge in [-0.15, -0.1) is 0 Å². The van der Waals surface area contributed by atoms with Crippen molar-refractivity contribution in [1.82, 2.24) is 4.90 Å². The van der Waals surface area contributed by atoms with Crippen LogP contribution >= 0.6 is 0 Å². The second kappa shape index (κ2) is 8.57. The lowest BCUT2D eigenvalue weighted by atomic mass is 10.0. The van der Waals surface area contributed by atoms with Gasteiger partial charge in [-0.05, 0) is 35.9 Å². The maximum Gasteiger partial charge on any atom is 0.246 e. The van der Waals surface area contributed by atoms with Gasteiger partial charge in [0.1, 0.15) is 17.6 Å². The van der Waals surface area contributed by atoms with Crippen LogP contribution in [0, 0.1) is 6.57 Å². The number of rotatable bonds is 5. The minimum Gasteiger partial charge on any atom is -0.496 e. The summed E-state index contributed by atoms with van der Waals surface area (Å²) in [6.07, 6.45) is -0.441. The number of carbonyl (C=O) groups excluding carboxylic acids is 1. The summed E-state index contributed by atoms with van der Waals surface area (Å²) in [5.41, 5.74) is 1.98. The summed E-state index contributed by atoms with van der Waals surface area (Å²) in [6.45, 7) is 11.2. The third-order valence-corrected chi connectivity index (χ3v) is 4.69. The molecule has 0 unspecified atom stereocenters. The van der Waals surface area contributed by atoms with E-state index in [1.54, 1.807) is 25.3 Å². The summed E-state index contributed by atoms with van der Waals surface area (Å²) in [5, 5.41) is 0. The van der Waals surface area contributed by atoms with Gasteiger partial charge in [-0.1, -0.05) is 24.8 Å². The molecule has 2 aromatic carbocycles. The number of hydrogen-bond acceptors (Lipinski definition) is 3. The average molecular weight is 380 g/mol. The van der Waals surface area contributed by atoms with Gasteiger partial charge in [0.15, 0.2) is 11.9 Å². The first-order valence-corrected chi connectivity index (χ1v) is 8.93. The predicted molar refractivity (Wildman–Crippen MR) is 105 cm³/mol. The van der Waals surface area contributed by atoms with E-state index in [2.05, 4.69) is 11.4 Å². The maximum atomic E-state index is 14.6. The Labute approximate surface area is 163 Å². The lowest BCUT2D eigenvalue weighted by Gasteiger charge is -2.34. The quantitative estimate of drug-likeness (QED) is 0.570. The van der Waals surface area contributed by atoms with Gasteiger partial charge in [-0.25, -0.2) is 9.24 Å². The summed E-state index contributed by atoms with van der Waals surface area (Å²) in [6, 6.07) is 12.6. The Bertz CT molecular complexity index is 922. The summed E-state index contributed by atoms with van der Waals surface area (Å²) in [5.74, 6) is 0.815. The Morgan fingerprint density at radius 2 is 2.14 bits per heavy atom. The van der Waals surface area contributed by atoms with E-state index in [1.807, 2.05) is 24.3 Å². The highest BCUT2D eigenvalue weighted by molar-refractivity contribution is 5.87. The first-order valence-electron chi connectivity index (χ1n) is 8.93. The van der Waals surface area contributed by atoms with Crippen LogP contribution in [0.4, 0.5) is 10.1 Å². The first kappa shape index (κ1) is 19.4. The molecule has 0 aromatic heterocycles. The van der Waals surface area contributed by atoms with Gasteiger partial charge in [0.05, 0.1) is 20.2 Å². The molecule has 2 atom stereocenters. The van der Waals surface area contributed by atoms with Crippen molar-refractivity contribution in [2.24, 2.45) is 0 Å². The number of hydrogen-bond donors (Lipinski definition) is 0. The number of amides is 1. The van der Waals surface area contributed by atoms with Gasteiger partial charge in [0.25, 0.3) is 0 Å². The van der Waals surface area contributed by atoms with Crippen molar-refractivity contribution in [3.63, 3.8) is 0 Å². The number of nitrogens with zero attached hydrogens (tertiary/aromatic N) is 2. The van der Waals surface area contributed by atoms with Gasteiger partial charge in [0, 0.05) is 18.5 Å². The average Bonchev–Trinajstić information content (AvgIpc) is 2.74. The Morgan fingerprint density at radius 3 is 2.82 bits per heavy atom. The largest absolute Gasteiger partial charge is 0.496 e. The highest BCUT2D eigenvalue weighted by Crippen LogP contribution is 2.36. The summed E-state index contributed by atoms with van der Waals surface area (Å²) in [7, 11) is 1.58. The van der Waals surface area contributed by atoms with E-state index < -0.39 is 12.3 Å². The molecule has 1 amide bonds. The number of alkyl halides is 1. The molecule has 2 aromatic rings. The van der Waals surface area contributed by atoms with Crippen LogP contribution in [0.1, 0.15) is 6.42 Å². The number of benzene rings is 2. The van der Waals surface area contributed by atoms with E-state index in [9.17, 15) is 9.18 Å². The molecular formula is C22H21FN2O3. The van der Waals surface area contributed by atoms with Crippen molar-refractivity contribution in [1.29, 1.82) is 0 Å². The molecule has 0 aliphatic carbocycles. The number of halogens is 1.